The van der Waals surface area contributed by atoms with Gasteiger partial charge in [0, 0.05) is 5.69 Å². The lowest BCUT2D eigenvalue weighted by Crippen LogP contribution is -2.36. The van der Waals surface area contributed by atoms with Crippen LogP contribution in [0.3, 0.4) is 0 Å². The first-order valence-corrected chi connectivity index (χ1v) is 7.36. The molecule has 1 aliphatic heterocycles. The highest BCUT2D eigenvalue weighted by atomic mass is 32.2. The summed E-state index contributed by atoms with van der Waals surface area (Å²) in [7, 11) is 0. The Morgan fingerprint density at radius 3 is 2.84 bits per heavy atom. The maximum absolute atomic E-state index is 12.0. The fourth-order valence-electron chi connectivity index (χ4n) is 1.82. The third kappa shape index (κ3) is 3.33. The van der Waals surface area contributed by atoms with Crippen LogP contribution >= 0.6 is 24.0 Å². The molecule has 0 saturated carbocycles. The van der Waals surface area contributed by atoms with Crippen molar-refractivity contribution in [2.45, 2.75) is 13.3 Å². The third-order valence-corrected chi connectivity index (χ3v) is 4.25. The number of hydrogen-bond acceptors (Lipinski definition) is 4. The van der Waals surface area contributed by atoms with Gasteiger partial charge in [-0.2, -0.15) is 0 Å². The van der Waals surface area contributed by atoms with Crippen molar-refractivity contribution in [3.05, 3.63) is 29.8 Å². The predicted octanol–water partition coefficient (Wildman–Crippen LogP) is 2.05. The molecular weight excluding hydrogens is 280 g/mol. The molecule has 0 unspecified atom stereocenters. The van der Waals surface area contributed by atoms with E-state index in [0.717, 1.165) is 17.7 Å². The van der Waals surface area contributed by atoms with Crippen LogP contribution in [0.2, 0.25) is 0 Å². The van der Waals surface area contributed by atoms with E-state index in [9.17, 15) is 9.59 Å². The van der Waals surface area contributed by atoms with Crippen LogP contribution in [-0.2, 0) is 16.0 Å². The Morgan fingerprint density at radius 1 is 1.47 bits per heavy atom. The van der Waals surface area contributed by atoms with E-state index in [1.807, 2.05) is 31.2 Å². The summed E-state index contributed by atoms with van der Waals surface area (Å²) >= 11 is 6.33. The number of nitrogens with zero attached hydrogens (tertiary/aromatic N) is 1. The molecule has 0 bridgehead atoms. The number of benzene rings is 1. The van der Waals surface area contributed by atoms with Crippen molar-refractivity contribution in [3.63, 3.8) is 0 Å². The molecule has 1 aromatic rings. The molecule has 100 valence electrons. The molecule has 0 spiro atoms. The van der Waals surface area contributed by atoms with Crippen molar-refractivity contribution in [3.8, 4) is 0 Å². The number of hydrogen-bond donors (Lipinski definition) is 1. The Labute approximate surface area is 121 Å². The molecule has 1 N–H and O–H groups in total. The summed E-state index contributed by atoms with van der Waals surface area (Å²) in [6.45, 7) is 2.02. The molecule has 0 aliphatic carbocycles. The number of amides is 2. The standard InChI is InChI=1S/C13H14N2O2S2/c1-2-9-5-3-4-6-10(9)14-11(16)7-15-12(17)8-19-13(15)18/h3-6H,2,7-8H2,1H3,(H,14,16). The maximum Gasteiger partial charge on any atom is 0.244 e. The average Bonchev–Trinajstić information content (AvgIpc) is 2.71. The number of para-hydroxylation sites is 1. The molecule has 1 aliphatic rings. The van der Waals surface area contributed by atoms with E-state index in [0.29, 0.717) is 10.1 Å². The van der Waals surface area contributed by atoms with Crippen molar-refractivity contribution in [1.29, 1.82) is 0 Å². The van der Waals surface area contributed by atoms with E-state index in [1.54, 1.807) is 0 Å². The smallest absolute Gasteiger partial charge is 0.244 e. The molecule has 0 radical (unpaired) electrons. The van der Waals surface area contributed by atoms with Gasteiger partial charge in [-0.3, -0.25) is 14.5 Å². The first-order chi connectivity index (χ1) is 9.11. The van der Waals surface area contributed by atoms with Crippen LogP contribution in [0.25, 0.3) is 0 Å². The second kappa shape index (κ2) is 6.16. The fourth-order valence-corrected chi connectivity index (χ4v) is 2.89. The van der Waals surface area contributed by atoms with Gasteiger partial charge in [-0.25, -0.2) is 0 Å². The zero-order valence-electron chi connectivity index (χ0n) is 10.5. The summed E-state index contributed by atoms with van der Waals surface area (Å²) in [5, 5.41) is 2.83. The molecule has 1 fully saturated rings. The lowest BCUT2D eigenvalue weighted by molar-refractivity contribution is -0.127. The summed E-state index contributed by atoms with van der Waals surface area (Å²) in [6.07, 6.45) is 0.841. The summed E-state index contributed by atoms with van der Waals surface area (Å²) < 4.78 is 0.476. The first-order valence-electron chi connectivity index (χ1n) is 5.96. The number of anilines is 1. The van der Waals surface area contributed by atoms with Crippen LogP contribution in [0.5, 0.6) is 0 Å². The van der Waals surface area contributed by atoms with Gasteiger partial charge in [-0.1, -0.05) is 49.1 Å². The molecule has 2 amide bonds. The molecular formula is C13H14N2O2S2. The minimum absolute atomic E-state index is 0.0112. The number of thiocarbonyl (C=S) groups is 1. The largest absolute Gasteiger partial charge is 0.324 e. The average molecular weight is 294 g/mol. The number of aryl methyl sites for hydroxylation is 1. The van der Waals surface area contributed by atoms with Crippen molar-refractivity contribution in [1.82, 2.24) is 4.90 Å². The van der Waals surface area contributed by atoms with E-state index in [4.69, 9.17) is 12.2 Å². The molecule has 4 nitrogen and oxygen atoms in total. The number of rotatable bonds is 4. The van der Waals surface area contributed by atoms with Gasteiger partial charge in [-0.15, -0.1) is 0 Å². The van der Waals surface area contributed by atoms with Crippen LogP contribution in [0.1, 0.15) is 12.5 Å². The Bertz CT molecular complexity index is 515. The second-order valence-electron chi connectivity index (χ2n) is 4.09. The predicted molar refractivity (Wildman–Crippen MR) is 81.2 cm³/mol. The second-order valence-corrected chi connectivity index (χ2v) is 5.70. The van der Waals surface area contributed by atoms with Gasteiger partial charge >= 0.3 is 0 Å². The van der Waals surface area contributed by atoms with Crippen LogP contribution < -0.4 is 5.32 Å². The number of carbonyl (C=O) groups is 2. The molecule has 0 aromatic heterocycles. The van der Waals surface area contributed by atoms with Gasteiger partial charge in [0.05, 0.1) is 5.75 Å². The summed E-state index contributed by atoms with van der Waals surface area (Å²) in [5.74, 6) is 0.00511. The van der Waals surface area contributed by atoms with Crippen molar-refractivity contribution in [2.75, 3.05) is 17.6 Å². The van der Waals surface area contributed by atoms with Crippen molar-refractivity contribution in [2.24, 2.45) is 0 Å². The van der Waals surface area contributed by atoms with Crippen LogP contribution in [0.15, 0.2) is 24.3 Å². The van der Waals surface area contributed by atoms with Gasteiger partial charge in [0.25, 0.3) is 0 Å². The number of nitrogens with one attached hydrogen (secondary N) is 1. The minimum Gasteiger partial charge on any atom is -0.324 e. The lowest BCUT2D eigenvalue weighted by atomic mass is 10.1. The molecule has 1 heterocycles. The zero-order valence-corrected chi connectivity index (χ0v) is 12.1. The van der Waals surface area contributed by atoms with Crippen molar-refractivity contribution >= 4 is 45.8 Å². The molecule has 0 atom stereocenters. The molecule has 1 saturated heterocycles. The summed E-state index contributed by atoms with van der Waals surface area (Å²) in [6, 6.07) is 7.63. The topological polar surface area (TPSA) is 49.4 Å². The SMILES string of the molecule is CCc1ccccc1NC(=O)CN1C(=O)CSC1=S. The Balaban J connectivity index is 2.01. The minimum atomic E-state index is -0.223. The molecule has 6 heteroatoms. The Hall–Kier alpha value is -1.40. The molecule has 2 rings (SSSR count). The van der Waals surface area contributed by atoms with Gasteiger partial charge in [0.1, 0.15) is 10.9 Å². The highest BCUT2D eigenvalue weighted by Crippen LogP contribution is 2.20. The lowest BCUT2D eigenvalue weighted by Gasteiger charge is -2.15. The van der Waals surface area contributed by atoms with Gasteiger partial charge in [0.2, 0.25) is 11.8 Å². The van der Waals surface area contributed by atoms with E-state index < -0.39 is 0 Å². The molecule has 1 aromatic carbocycles. The summed E-state index contributed by atoms with van der Waals surface area (Å²) in [5.41, 5.74) is 1.86. The monoisotopic (exact) mass is 294 g/mol. The van der Waals surface area contributed by atoms with E-state index in [2.05, 4.69) is 5.32 Å². The Morgan fingerprint density at radius 2 is 2.21 bits per heavy atom. The highest BCUT2D eigenvalue weighted by Gasteiger charge is 2.28. The van der Waals surface area contributed by atoms with E-state index in [1.165, 1.54) is 16.7 Å². The van der Waals surface area contributed by atoms with E-state index >= 15 is 0 Å². The van der Waals surface area contributed by atoms with Crippen LogP contribution in [0, 0.1) is 0 Å². The van der Waals surface area contributed by atoms with E-state index in [-0.39, 0.29) is 18.4 Å². The normalized spacial score (nSPS) is 14.9. The van der Waals surface area contributed by atoms with Crippen LogP contribution in [-0.4, -0.2) is 33.3 Å². The third-order valence-electron chi connectivity index (χ3n) is 2.81. The first kappa shape index (κ1) is 14.0. The number of carbonyl (C=O) groups excluding carboxylic acids is 2. The summed E-state index contributed by atoms with van der Waals surface area (Å²) in [4.78, 5) is 24.8. The highest BCUT2D eigenvalue weighted by molar-refractivity contribution is 8.23. The fraction of sp³-hybridized carbons (Fsp3) is 0.308. The Kier molecular flexibility index (Phi) is 4.55. The quantitative estimate of drug-likeness (QED) is 0.864. The van der Waals surface area contributed by atoms with Gasteiger partial charge in [-0.05, 0) is 18.1 Å². The van der Waals surface area contributed by atoms with Gasteiger partial charge in [0.15, 0.2) is 0 Å². The zero-order chi connectivity index (χ0) is 13.8. The maximum atomic E-state index is 12.0. The van der Waals surface area contributed by atoms with Crippen LogP contribution in [0.4, 0.5) is 5.69 Å². The van der Waals surface area contributed by atoms with Gasteiger partial charge < -0.3 is 5.32 Å². The molecule has 19 heavy (non-hydrogen) atoms. The number of thioether (sulfide) groups is 1. The van der Waals surface area contributed by atoms with Crippen molar-refractivity contribution < 1.29 is 9.59 Å².